The molecule has 2 N–H and O–H groups in total. The molecule has 3 nitrogen and oxygen atoms in total. The summed E-state index contributed by atoms with van der Waals surface area (Å²) in [6, 6.07) is 20.7. The highest BCUT2D eigenvalue weighted by Gasteiger charge is 2.29. The molecule has 24 heavy (non-hydrogen) atoms. The van der Waals surface area contributed by atoms with Gasteiger partial charge in [0.05, 0.1) is 25.6 Å². The first kappa shape index (κ1) is 16.7. The van der Waals surface area contributed by atoms with Crippen molar-refractivity contribution in [3.05, 3.63) is 71.8 Å². The van der Waals surface area contributed by atoms with Crippen LogP contribution in [0.5, 0.6) is 0 Å². The summed E-state index contributed by atoms with van der Waals surface area (Å²) in [6.45, 7) is 5.38. The van der Waals surface area contributed by atoms with Crippen molar-refractivity contribution >= 4 is 5.91 Å². The Labute approximate surface area is 144 Å². The van der Waals surface area contributed by atoms with E-state index in [0.717, 1.165) is 24.2 Å². The van der Waals surface area contributed by atoms with Crippen molar-refractivity contribution in [2.75, 3.05) is 19.6 Å². The molecule has 3 heteroatoms. The lowest BCUT2D eigenvalue weighted by molar-refractivity contribution is -0.909. The average molecular weight is 323 g/mol. The van der Waals surface area contributed by atoms with Gasteiger partial charge in [0.2, 0.25) is 5.91 Å². The zero-order chi connectivity index (χ0) is 16.8. The first-order valence-corrected chi connectivity index (χ1v) is 9.01. The Kier molecular flexibility index (Phi) is 5.65. The van der Waals surface area contributed by atoms with Gasteiger partial charge in [-0.1, -0.05) is 60.7 Å². The van der Waals surface area contributed by atoms with Gasteiger partial charge in [-0.05, 0) is 18.1 Å². The Morgan fingerprint density at radius 2 is 1.67 bits per heavy atom. The topological polar surface area (TPSA) is 33.5 Å². The smallest absolute Gasteiger partial charge is 0.232 e. The number of hydrogen-bond donors (Lipinski definition) is 2. The standard InChI is InChI=1S/C21H26N2O/c1-2-23-15-9-14-19(23)16-22-21(24)20(17-10-5-3-6-11-17)18-12-7-4-8-13-18/h3-8,10-13,19-20H,2,9,14-16H2,1H3,(H,22,24)/p+1/t19-/m0/s1. The Balaban J connectivity index is 1.75. The Hall–Kier alpha value is -2.13. The molecule has 0 radical (unpaired) electrons. The molecule has 1 unspecified atom stereocenters. The van der Waals surface area contributed by atoms with E-state index in [4.69, 9.17) is 0 Å². The molecule has 1 fully saturated rings. The number of amides is 1. The first-order chi connectivity index (χ1) is 11.8. The SMILES string of the molecule is CC[NH+]1CCC[C@H]1CNC(=O)C(c1ccccc1)c1ccccc1. The second-order valence-corrected chi connectivity index (χ2v) is 6.60. The van der Waals surface area contributed by atoms with E-state index < -0.39 is 0 Å². The number of benzene rings is 2. The molecule has 1 saturated heterocycles. The van der Waals surface area contributed by atoms with Crippen LogP contribution in [-0.2, 0) is 4.79 Å². The monoisotopic (exact) mass is 323 g/mol. The van der Waals surface area contributed by atoms with Crippen LogP contribution in [0.2, 0.25) is 0 Å². The molecule has 1 heterocycles. The van der Waals surface area contributed by atoms with E-state index in [1.807, 2.05) is 60.7 Å². The molecular weight excluding hydrogens is 296 g/mol. The molecule has 0 aromatic heterocycles. The van der Waals surface area contributed by atoms with Crippen molar-refractivity contribution in [2.24, 2.45) is 0 Å². The predicted molar refractivity (Wildman–Crippen MR) is 97.1 cm³/mol. The third-order valence-corrected chi connectivity index (χ3v) is 5.13. The molecule has 0 spiro atoms. The lowest BCUT2D eigenvalue weighted by Crippen LogP contribution is -3.14. The van der Waals surface area contributed by atoms with Crippen LogP contribution in [0.15, 0.2) is 60.7 Å². The number of nitrogens with one attached hydrogen (secondary N) is 2. The summed E-state index contributed by atoms with van der Waals surface area (Å²) >= 11 is 0. The molecule has 1 aliphatic heterocycles. The summed E-state index contributed by atoms with van der Waals surface area (Å²) in [5, 5.41) is 3.23. The summed E-state index contributed by atoms with van der Waals surface area (Å²) in [5.74, 6) is -0.131. The minimum Gasteiger partial charge on any atom is -0.349 e. The summed E-state index contributed by atoms with van der Waals surface area (Å²) in [6.07, 6.45) is 2.48. The maximum atomic E-state index is 13.0. The van der Waals surface area contributed by atoms with E-state index in [9.17, 15) is 4.79 Å². The normalized spacial score (nSPS) is 20.2. The summed E-state index contributed by atoms with van der Waals surface area (Å²) < 4.78 is 0. The van der Waals surface area contributed by atoms with E-state index in [-0.39, 0.29) is 11.8 Å². The lowest BCUT2D eigenvalue weighted by atomic mass is 9.90. The quantitative estimate of drug-likeness (QED) is 0.838. The van der Waals surface area contributed by atoms with Gasteiger partial charge in [-0.15, -0.1) is 0 Å². The molecular formula is C21H27N2O+. The second-order valence-electron chi connectivity index (χ2n) is 6.60. The number of rotatable bonds is 6. The summed E-state index contributed by atoms with van der Waals surface area (Å²) in [5.41, 5.74) is 2.10. The minimum absolute atomic E-state index is 0.106. The van der Waals surface area contributed by atoms with Crippen LogP contribution in [-0.4, -0.2) is 31.6 Å². The van der Waals surface area contributed by atoms with Crippen molar-refractivity contribution in [1.82, 2.24) is 5.32 Å². The second kappa shape index (κ2) is 8.11. The van der Waals surface area contributed by atoms with Gasteiger partial charge in [-0.25, -0.2) is 0 Å². The first-order valence-electron chi connectivity index (χ1n) is 9.01. The van der Waals surface area contributed by atoms with Gasteiger partial charge in [0.15, 0.2) is 0 Å². The Morgan fingerprint density at radius 1 is 1.08 bits per heavy atom. The van der Waals surface area contributed by atoms with Crippen molar-refractivity contribution < 1.29 is 9.69 Å². The van der Waals surface area contributed by atoms with Crippen molar-refractivity contribution in [3.63, 3.8) is 0 Å². The maximum absolute atomic E-state index is 13.0. The maximum Gasteiger partial charge on any atom is 0.232 e. The van der Waals surface area contributed by atoms with Crippen molar-refractivity contribution in [1.29, 1.82) is 0 Å². The molecule has 2 aromatic carbocycles. The molecule has 0 aliphatic carbocycles. The zero-order valence-electron chi connectivity index (χ0n) is 14.4. The number of likely N-dealkylation sites (N-methyl/N-ethyl adjacent to an activating group) is 1. The third kappa shape index (κ3) is 3.85. The predicted octanol–water partition coefficient (Wildman–Crippen LogP) is 2.00. The summed E-state index contributed by atoms with van der Waals surface area (Å²) in [4.78, 5) is 14.6. The van der Waals surface area contributed by atoms with Gasteiger partial charge < -0.3 is 10.2 Å². The van der Waals surface area contributed by atoms with Crippen LogP contribution >= 0.6 is 0 Å². The fourth-order valence-corrected chi connectivity index (χ4v) is 3.81. The van der Waals surface area contributed by atoms with Crippen LogP contribution in [0.4, 0.5) is 0 Å². The van der Waals surface area contributed by atoms with Gasteiger partial charge in [-0.3, -0.25) is 4.79 Å². The van der Waals surface area contributed by atoms with Gasteiger partial charge >= 0.3 is 0 Å². The van der Waals surface area contributed by atoms with E-state index in [1.165, 1.54) is 19.4 Å². The highest BCUT2D eigenvalue weighted by atomic mass is 16.1. The fourth-order valence-electron chi connectivity index (χ4n) is 3.81. The fraction of sp³-hybridized carbons (Fsp3) is 0.381. The molecule has 0 bridgehead atoms. The molecule has 3 rings (SSSR count). The lowest BCUT2D eigenvalue weighted by Gasteiger charge is -2.22. The molecule has 2 aromatic rings. The summed E-state index contributed by atoms with van der Waals surface area (Å²) in [7, 11) is 0. The van der Waals surface area contributed by atoms with Crippen molar-refractivity contribution in [3.8, 4) is 0 Å². The average Bonchev–Trinajstić information content (AvgIpc) is 3.09. The van der Waals surface area contributed by atoms with Gasteiger partial charge in [0.1, 0.15) is 6.04 Å². The zero-order valence-corrected chi connectivity index (χ0v) is 14.4. The molecule has 0 saturated carbocycles. The number of hydrogen-bond acceptors (Lipinski definition) is 1. The van der Waals surface area contributed by atoms with Crippen LogP contribution in [0.1, 0.15) is 36.8 Å². The van der Waals surface area contributed by atoms with E-state index in [2.05, 4.69) is 12.2 Å². The Morgan fingerprint density at radius 3 is 2.21 bits per heavy atom. The minimum atomic E-state index is -0.237. The number of carbonyl (C=O) groups excluding carboxylic acids is 1. The highest BCUT2D eigenvalue weighted by molar-refractivity contribution is 5.87. The van der Waals surface area contributed by atoms with Crippen LogP contribution in [0.25, 0.3) is 0 Å². The number of likely N-dealkylation sites (tertiary alicyclic amines) is 1. The molecule has 126 valence electrons. The largest absolute Gasteiger partial charge is 0.349 e. The van der Waals surface area contributed by atoms with Gasteiger partial charge in [0, 0.05) is 12.8 Å². The Bertz CT molecular complexity index is 602. The molecule has 2 atom stereocenters. The van der Waals surface area contributed by atoms with E-state index >= 15 is 0 Å². The van der Waals surface area contributed by atoms with Gasteiger partial charge in [-0.2, -0.15) is 0 Å². The highest BCUT2D eigenvalue weighted by Crippen LogP contribution is 2.24. The third-order valence-electron chi connectivity index (χ3n) is 5.13. The van der Waals surface area contributed by atoms with Crippen molar-refractivity contribution in [2.45, 2.75) is 31.7 Å². The van der Waals surface area contributed by atoms with Crippen LogP contribution in [0, 0.1) is 0 Å². The van der Waals surface area contributed by atoms with Crippen LogP contribution in [0.3, 0.4) is 0 Å². The molecule has 1 aliphatic rings. The van der Waals surface area contributed by atoms with Crippen LogP contribution < -0.4 is 10.2 Å². The number of quaternary nitrogens is 1. The molecule has 1 amide bonds. The van der Waals surface area contributed by atoms with Gasteiger partial charge in [0.25, 0.3) is 0 Å². The van der Waals surface area contributed by atoms with E-state index in [0.29, 0.717) is 6.04 Å². The number of carbonyl (C=O) groups is 1. The van der Waals surface area contributed by atoms with E-state index in [1.54, 1.807) is 4.90 Å².